The van der Waals surface area contributed by atoms with Gasteiger partial charge in [0.05, 0.1) is 18.2 Å². The van der Waals surface area contributed by atoms with Gasteiger partial charge in [0.1, 0.15) is 5.75 Å². The summed E-state index contributed by atoms with van der Waals surface area (Å²) in [5.41, 5.74) is 0.434. The van der Waals surface area contributed by atoms with Gasteiger partial charge < -0.3 is 9.57 Å². The van der Waals surface area contributed by atoms with Gasteiger partial charge in [-0.05, 0) is 25.1 Å². The number of ether oxygens (including phenoxy) is 1. The van der Waals surface area contributed by atoms with Crippen LogP contribution in [0, 0.1) is 6.92 Å². The molecule has 2 aromatic rings. The molecule has 22 heavy (non-hydrogen) atoms. The fraction of sp³-hybridized carbons (Fsp3) is 0.133. The quantitative estimate of drug-likeness (QED) is 0.813. The Morgan fingerprint density at radius 2 is 1.73 bits per heavy atom. The number of hydrogen-bond donors (Lipinski definition) is 0. The van der Waals surface area contributed by atoms with Gasteiger partial charge in [-0.25, -0.2) is 4.79 Å². The maximum absolute atomic E-state index is 12.2. The lowest BCUT2D eigenvalue weighted by molar-refractivity contribution is -0.0582. The first kappa shape index (κ1) is 14.3. The first-order valence-corrected chi connectivity index (χ1v) is 7.19. The molecule has 112 valence electrons. The van der Waals surface area contributed by atoms with E-state index in [0.29, 0.717) is 10.8 Å². The van der Waals surface area contributed by atoms with Crippen LogP contribution in [0.25, 0.3) is 0 Å². The molecule has 0 atom stereocenters. The molecule has 0 spiro atoms. The predicted octanol–water partition coefficient (Wildman–Crippen LogP) is 2.43. The third kappa shape index (κ3) is 2.15. The van der Waals surface area contributed by atoms with Crippen molar-refractivity contribution < 1.29 is 24.0 Å². The lowest BCUT2D eigenvalue weighted by atomic mass is 10.1. The Labute approximate surface area is 129 Å². The summed E-state index contributed by atoms with van der Waals surface area (Å²) in [6, 6.07) is 7.99. The number of nitrogens with zero attached hydrogens (tertiary/aromatic N) is 1. The average Bonchev–Trinajstić information content (AvgIpc) is 3.01. The van der Waals surface area contributed by atoms with E-state index >= 15 is 0 Å². The van der Waals surface area contributed by atoms with Gasteiger partial charge in [-0.15, -0.1) is 11.3 Å². The molecule has 0 aliphatic carbocycles. The van der Waals surface area contributed by atoms with Crippen molar-refractivity contribution in [1.82, 2.24) is 5.06 Å². The van der Waals surface area contributed by atoms with Crippen molar-refractivity contribution in [3.8, 4) is 5.75 Å². The molecule has 1 aliphatic heterocycles. The van der Waals surface area contributed by atoms with Crippen molar-refractivity contribution in [2.75, 3.05) is 7.11 Å². The number of methoxy groups -OCH3 is 1. The molecular formula is C15H11NO5S. The number of benzene rings is 1. The van der Waals surface area contributed by atoms with Crippen molar-refractivity contribution in [3.63, 3.8) is 0 Å². The van der Waals surface area contributed by atoms with Crippen molar-refractivity contribution >= 4 is 29.1 Å². The van der Waals surface area contributed by atoms with Crippen LogP contribution in [0.1, 0.15) is 35.3 Å². The van der Waals surface area contributed by atoms with Gasteiger partial charge in [-0.3, -0.25) is 9.59 Å². The van der Waals surface area contributed by atoms with Crippen molar-refractivity contribution in [2.45, 2.75) is 6.92 Å². The van der Waals surface area contributed by atoms with Gasteiger partial charge in [0.25, 0.3) is 11.8 Å². The molecule has 6 nitrogen and oxygen atoms in total. The second-order valence-electron chi connectivity index (χ2n) is 4.58. The number of hydroxylamine groups is 2. The minimum absolute atomic E-state index is 0.205. The summed E-state index contributed by atoms with van der Waals surface area (Å²) in [5, 5.41) is 0.488. The van der Waals surface area contributed by atoms with E-state index in [4.69, 9.17) is 9.57 Å². The summed E-state index contributed by atoms with van der Waals surface area (Å²) < 4.78 is 5.09. The molecule has 1 aromatic heterocycles. The molecule has 1 aromatic carbocycles. The van der Waals surface area contributed by atoms with Gasteiger partial charge in [-0.2, -0.15) is 0 Å². The molecule has 2 heterocycles. The highest BCUT2D eigenvalue weighted by molar-refractivity contribution is 7.14. The van der Waals surface area contributed by atoms with Gasteiger partial charge in [0.15, 0.2) is 4.88 Å². The van der Waals surface area contributed by atoms with E-state index in [-0.39, 0.29) is 16.0 Å². The largest absolute Gasteiger partial charge is 0.495 e. The zero-order valence-corrected chi connectivity index (χ0v) is 12.6. The maximum Gasteiger partial charge on any atom is 0.377 e. The van der Waals surface area contributed by atoms with Crippen LogP contribution in [0.4, 0.5) is 0 Å². The van der Waals surface area contributed by atoms with Crippen molar-refractivity contribution in [1.29, 1.82) is 0 Å². The van der Waals surface area contributed by atoms with Crippen LogP contribution < -0.4 is 4.74 Å². The maximum atomic E-state index is 12.2. The summed E-state index contributed by atoms with van der Waals surface area (Å²) in [4.78, 5) is 42.5. The number of amides is 2. The number of aryl methyl sites for hydroxylation is 1. The zero-order valence-electron chi connectivity index (χ0n) is 11.8. The standard InChI is InChI=1S/C15H11NO5S/c1-8-7-11(20-2)12(22-8)15(19)21-16-13(17)9-5-3-4-6-10(9)14(16)18/h3-7H,1-2H3. The zero-order chi connectivity index (χ0) is 15.9. The number of hydrogen-bond acceptors (Lipinski definition) is 6. The molecule has 0 N–H and O–H groups in total. The number of imide groups is 1. The Morgan fingerprint density at radius 1 is 1.14 bits per heavy atom. The van der Waals surface area contributed by atoms with Crippen LogP contribution in [-0.4, -0.2) is 30.0 Å². The van der Waals surface area contributed by atoms with Gasteiger partial charge in [0, 0.05) is 4.88 Å². The molecule has 1 aliphatic rings. The second-order valence-corrected chi connectivity index (χ2v) is 5.84. The summed E-state index contributed by atoms with van der Waals surface area (Å²) in [5.74, 6) is -1.75. The van der Waals surface area contributed by atoms with Crippen LogP contribution in [0.5, 0.6) is 5.75 Å². The Hall–Kier alpha value is -2.67. The van der Waals surface area contributed by atoms with E-state index in [0.717, 1.165) is 4.88 Å². The summed E-state index contributed by atoms with van der Waals surface area (Å²) in [6.07, 6.45) is 0. The molecule has 2 amide bonds. The second kappa shape index (κ2) is 5.27. The molecule has 7 heteroatoms. The van der Waals surface area contributed by atoms with E-state index in [1.807, 2.05) is 6.92 Å². The third-order valence-corrected chi connectivity index (χ3v) is 4.17. The van der Waals surface area contributed by atoms with Crippen LogP contribution >= 0.6 is 11.3 Å². The molecule has 0 saturated carbocycles. The monoisotopic (exact) mass is 317 g/mol. The molecule has 0 fully saturated rings. The van der Waals surface area contributed by atoms with E-state index in [1.54, 1.807) is 18.2 Å². The van der Waals surface area contributed by atoms with Gasteiger partial charge in [-0.1, -0.05) is 17.2 Å². The summed E-state index contributed by atoms with van der Waals surface area (Å²) >= 11 is 1.17. The molecule has 0 radical (unpaired) electrons. The summed E-state index contributed by atoms with van der Waals surface area (Å²) in [6.45, 7) is 1.81. The van der Waals surface area contributed by atoms with Crippen LogP contribution in [-0.2, 0) is 4.84 Å². The number of thiophene rings is 1. The first-order chi connectivity index (χ1) is 10.5. The Balaban J connectivity index is 1.87. The average molecular weight is 317 g/mol. The topological polar surface area (TPSA) is 72.9 Å². The highest BCUT2D eigenvalue weighted by Crippen LogP contribution is 2.30. The van der Waals surface area contributed by atoms with E-state index in [2.05, 4.69) is 0 Å². The fourth-order valence-electron chi connectivity index (χ4n) is 2.16. The predicted molar refractivity (Wildman–Crippen MR) is 78.0 cm³/mol. The lowest BCUT2D eigenvalue weighted by Gasteiger charge is -2.12. The normalized spacial score (nSPS) is 13.3. The van der Waals surface area contributed by atoms with Gasteiger partial charge in [0.2, 0.25) is 0 Å². The molecule has 0 saturated heterocycles. The van der Waals surface area contributed by atoms with E-state index in [9.17, 15) is 14.4 Å². The van der Waals surface area contributed by atoms with Crippen molar-refractivity contribution in [2.24, 2.45) is 0 Å². The molecule has 3 rings (SSSR count). The number of carbonyl (C=O) groups is 3. The Kier molecular flexibility index (Phi) is 3.42. The minimum Gasteiger partial charge on any atom is -0.495 e. The number of carbonyl (C=O) groups excluding carboxylic acids is 3. The van der Waals surface area contributed by atoms with Crippen molar-refractivity contribution in [3.05, 3.63) is 51.2 Å². The van der Waals surface area contributed by atoms with Crippen LogP contribution in [0.15, 0.2) is 30.3 Å². The molecule has 0 unspecified atom stereocenters. The first-order valence-electron chi connectivity index (χ1n) is 6.37. The fourth-order valence-corrected chi connectivity index (χ4v) is 3.01. The number of rotatable bonds is 3. The van der Waals surface area contributed by atoms with Crippen LogP contribution in [0.3, 0.4) is 0 Å². The minimum atomic E-state index is -0.801. The summed E-state index contributed by atoms with van der Waals surface area (Å²) in [7, 11) is 1.43. The Morgan fingerprint density at radius 3 is 2.27 bits per heavy atom. The van der Waals surface area contributed by atoms with Gasteiger partial charge >= 0.3 is 5.97 Å². The molecule has 0 bridgehead atoms. The highest BCUT2D eigenvalue weighted by Gasteiger charge is 2.39. The smallest absolute Gasteiger partial charge is 0.377 e. The van der Waals surface area contributed by atoms with E-state index < -0.39 is 17.8 Å². The SMILES string of the molecule is COc1cc(C)sc1C(=O)ON1C(=O)c2ccccc2C1=O. The number of fused-ring (bicyclic) bond motifs is 1. The molecular weight excluding hydrogens is 306 g/mol. The lowest BCUT2D eigenvalue weighted by Crippen LogP contribution is -2.32. The van der Waals surface area contributed by atoms with Crippen LogP contribution in [0.2, 0.25) is 0 Å². The highest BCUT2D eigenvalue weighted by atomic mass is 32.1. The third-order valence-electron chi connectivity index (χ3n) is 3.16. The van der Waals surface area contributed by atoms with E-state index in [1.165, 1.54) is 30.6 Å². The Bertz CT molecular complexity index is 760.